The van der Waals surface area contributed by atoms with Crippen molar-refractivity contribution in [3.8, 4) is 0 Å². The van der Waals surface area contributed by atoms with Crippen molar-refractivity contribution in [1.29, 1.82) is 0 Å². The van der Waals surface area contributed by atoms with E-state index in [2.05, 4.69) is 5.32 Å². The van der Waals surface area contributed by atoms with Crippen LogP contribution in [0.2, 0.25) is 0 Å². The molecule has 0 saturated carbocycles. The molecule has 0 fully saturated rings. The van der Waals surface area contributed by atoms with Crippen LogP contribution in [0.15, 0.2) is 6.07 Å². The van der Waals surface area contributed by atoms with Crippen LogP contribution >= 0.6 is 0 Å². The van der Waals surface area contributed by atoms with E-state index in [0.717, 1.165) is 13.1 Å². The van der Waals surface area contributed by atoms with E-state index in [-0.39, 0.29) is 46.1 Å². The van der Waals surface area contributed by atoms with E-state index >= 15 is 0 Å². The van der Waals surface area contributed by atoms with Gasteiger partial charge in [0.05, 0.1) is 0 Å². The molecule has 0 bridgehead atoms. The van der Waals surface area contributed by atoms with Gasteiger partial charge in [-0.25, -0.2) is 17.6 Å². The van der Waals surface area contributed by atoms with Crippen LogP contribution in [0.25, 0.3) is 5.32 Å². The largest absolute Gasteiger partial charge is 2.00 e. The Balaban J connectivity index is -0.000000661. The van der Waals surface area contributed by atoms with Gasteiger partial charge in [0.25, 0.3) is 0 Å². The maximum Gasteiger partial charge on any atom is 2.00 e. The first kappa shape index (κ1) is 28.6. The Morgan fingerprint density at radius 2 is 1.42 bits per heavy atom. The van der Waals surface area contributed by atoms with E-state index in [1.54, 1.807) is 12.5 Å². The predicted molar refractivity (Wildman–Crippen MR) is 81.9 cm³/mol. The number of hydrogen-bond acceptors (Lipinski definition) is 2. The molecule has 0 amide bonds. The minimum Gasteiger partial charge on any atom is -1.00 e. The molecular weight excluding hydrogens is 551 g/mol. The molecule has 0 atom stereocenters. The fourth-order valence-electron chi connectivity index (χ4n) is 1.54. The van der Waals surface area contributed by atoms with Crippen molar-refractivity contribution >= 4 is 16.5 Å². The summed E-state index contributed by atoms with van der Waals surface area (Å²) < 4.78 is 61.8. The van der Waals surface area contributed by atoms with Crippen molar-refractivity contribution in [2.75, 3.05) is 38.7 Å². The monoisotopic (exact) mass is 571 g/mol. The van der Waals surface area contributed by atoms with Gasteiger partial charge >= 0.3 is 21.1 Å². The molecular formula is C14H21ClF4N2OPtS. The van der Waals surface area contributed by atoms with Gasteiger partial charge in [-0.2, -0.15) is 0 Å². The van der Waals surface area contributed by atoms with Gasteiger partial charge in [0.2, 0.25) is 0 Å². The summed E-state index contributed by atoms with van der Waals surface area (Å²) in [5, 5.41) is 3.59. The zero-order valence-corrected chi connectivity index (χ0v) is 17.7. The molecule has 3 nitrogen and oxygen atoms in total. The van der Waals surface area contributed by atoms with Crippen molar-refractivity contribution in [2.45, 2.75) is 13.8 Å². The third kappa shape index (κ3) is 10.6. The predicted octanol–water partition coefficient (Wildman–Crippen LogP) is 0.586. The fourth-order valence-corrected chi connectivity index (χ4v) is 1.54. The second kappa shape index (κ2) is 15.1. The zero-order chi connectivity index (χ0) is 17.3. The summed E-state index contributed by atoms with van der Waals surface area (Å²) in [5.41, 5.74) is -0.875. The number of rotatable bonds is 6. The van der Waals surface area contributed by atoms with Crippen molar-refractivity contribution in [3.63, 3.8) is 0 Å². The molecule has 10 heteroatoms. The van der Waals surface area contributed by atoms with Crippen LogP contribution in [0.3, 0.4) is 0 Å². The van der Waals surface area contributed by atoms with Crippen LogP contribution in [-0.2, 0) is 31.9 Å². The van der Waals surface area contributed by atoms with Crippen LogP contribution in [-0.4, -0.2) is 47.8 Å². The molecule has 0 aliphatic rings. The number of nitrogens with zero attached hydrogens (tertiary/aromatic N) is 2. The van der Waals surface area contributed by atoms with Crippen molar-refractivity contribution in [1.82, 2.24) is 4.90 Å². The average molecular weight is 572 g/mol. The molecule has 0 radical (unpaired) electrons. The molecule has 0 heterocycles. The van der Waals surface area contributed by atoms with Gasteiger partial charge in [0.15, 0.2) is 11.6 Å². The van der Waals surface area contributed by atoms with E-state index in [9.17, 15) is 21.8 Å². The third-order valence-electron chi connectivity index (χ3n) is 2.67. The third-order valence-corrected chi connectivity index (χ3v) is 2.67. The van der Waals surface area contributed by atoms with Gasteiger partial charge < -0.3 is 22.6 Å². The summed E-state index contributed by atoms with van der Waals surface area (Å²) >= 11 is 0. The second-order valence-electron chi connectivity index (χ2n) is 4.47. The Morgan fingerprint density at radius 1 is 1.04 bits per heavy atom. The second-order valence-corrected chi connectivity index (χ2v) is 5.95. The molecule has 1 aromatic rings. The van der Waals surface area contributed by atoms with Gasteiger partial charge in [0, 0.05) is 29.4 Å². The quantitative estimate of drug-likeness (QED) is 0.370. The van der Waals surface area contributed by atoms with Crippen molar-refractivity contribution in [2.24, 2.45) is 0 Å². The Morgan fingerprint density at radius 3 is 1.75 bits per heavy atom. The number of halogens is 5. The maximum atomic E-state index is 13.2. The molecule has 0 aliphatic carbocycles. The molecule has 0 aromatic heterocycles. The van der Waals surface area contributed by atoms with Gasteiger partial charge in [-0.15, -0.1) is 6.54 Å². The molecule has 0 unspecified atom stereocenters. The van der Waals surface area contributed by atoms with Crippen molar-refractivity contribution in [3.05, 3.63) is 34.7 Å². The topological polar surface area (TPSA) is 34.4 Å². The van der Waals surface area contributed by atoms with Crippen LogP contribution in [0.1, 0.15) is 13.8 Å². The number of hydrogen-bond donors (Lipinski definition) is 0. The summed E-state index contributed by atoms with van der Waals surface area (Å²) in [5.74, 6) is -5.77. The zero-order valence-electron chi connectivity index (χ0n) is 13.8. The molecule has 0 spiro atoms. The van der Waals surface area contributed by atoms with E-state index in [4.69, 9.17) is 0 Å². The van der Waals surface area contributed by atoms with E-state index < -0.39 is 39.8 Å². The molecule has 24 heavy (non-hydrogen) atoms. The smallest absolute Gasteiger partial charge is 1.00 e. The maximum absolute atomic E-state index is 13.2. The van der Waals surface area contributed by atoms with Crippen LogP contribution in [0.4, 0.5) is 23.2 Å². The SMILES string of the molecule is CCN(CC)CC[N-]c1c(F)c(F)cc(F)c1F.CS(C)=O.[Cl-].[Pt+2]. The van der Waals surface area contributed by atoms with Crippen molar-refractivity contribution < 1.29 is 55.2 Å². The number of benzene rings is 1. The Labute approximate surface area is 163 Å². The summed E-state index contributed by atoms with van der Waals surface area (Å²) in [6, 6.07) is 0.175. The Bertz CT molecular complexity index is 478. The first-order chi connectivity index (χ1) is 10.2. The van der Waals surface area contributed by atoms with Crippen LogP contribution < -0.4 is 12.4 Å². The first-order valence-corrected chi connectivity index (χ1v) is 8.69. The van der Waals surface area contributed by atoms with Crippen LogP contribution in [0.5, 0.6) is 0 Å². The normalized spacial score (nSPS) is 9.75. The van der Waals surface area contributed by atoms with E-state index in [1.807, 2.05) is 18.7 Å². The first-order valence-electron chi connectivity index (χ1n) is 6.72. The molecule has 1 aromatic carbocycles. The Hall–Kier alpha value is -0.172. The van der Waals surface area contributed by atoms with Gasteiger partial charge in [-0.3, -0.25) is 4.21 Å². The minimum atomic E-state index is -1.45. The van der Waals surface area contributed by atoms with E-state index in [1.165, 1.54) is 0 Å². The summed E-state index contributed by atoms with van der Waals surface area (Å²) in [4.78, 5) is 1.98. The van der Waals surface area contributed by atoms with Gasteiger partial charge in [0.1, 0.15) is 11.6 Å². The van der Waals surface area contributed by atoms with Crippen LogP contribution in [0, 0.1) is 23.3 Å². The summed E-state index contributed by atoms with van der Waals surface area (Å²) in [6.07, 6.45) is 3.28. The molecule has 0 saturated heterocycles. The molecule has 1 rings (SSSR count). The Kier molecular flexibility index (Phi) is 18.0. The summed E-state index contributed by atoms with van der Waals surface area (Å²) in [6.45, 7) is 5.98. The molecule has 0 N–H and O–H groups in total. The van der Waals surface area contributed by atoms with E-state index in [0.29, 0.717) is 6.54 Å². The fraction of sp³-hybridized carbons (Fsp3) is 0.571. The standard InChI is InChI=1S/C12H15F4N2.C2H6OS.ClH.Pt/c1-3-18(4-2)6-5-17-12-10(15)8(13)7-9(14)11(12)16;1-4(2)3;;/h7H,3-6H2,1-2H3;1-2H3;1H;/q-1;;;+2/p-1. The summed E-state index contributed by atoms with van der Waals surface area (Å²) in [7, 11) is -0.611. The average Bonchev–Trinajstić information content (AvgIpc) is 2.44. The molecule has 0 aliphatic heterocycles. The molecule has 144 valence electrons. The minimum absolute atomic E-state index is 0. The van der Waals surface area contributed by atoms with Gasteiger partial charge in [-0.05, 0) is 19.6 Å². The van der Waals surface area contributed by atoms with Gasteiger partial charge in [-0.1, -0.05) is 19.5 Å². The number of likely N-dealkylation sites (N-methyl/N-ethyl adjacent to an activating group) is 1.